The molecule has 2 aromatic carbocycles. The molecule has 13 heteroatoms. The zero-order valence-corrected chi connectivity index (χ0v) is 20.9. The van der Waals surface area contributed by atoms with Crippen LogP contribution in [0, 0.1) is 6.92 Å². The topological polar surface area (TPSA) is 119 Å². The number of alkyl halides is 3. The van der Waals surface area contributed by atoms with Crippen LogP contribution < -0.4 is 10.9 Å². The van der Waals surface area contributed by atoms with Gasteiger partial charge < -0.3 is 5.32 Å². The minimum absolute atomic E-state index is 0.0675. The minimum Gasteiger partial charge on any atom is -0.348 e. The van der Waals surface area contributed by atoms with Crippen molar-refractivity contribution in [1.29, 1.82) is 0 Å². The van der Waals surface area contributed by atoms with Gasteiger partial charge in [0.15, 0.2) is 19.7 Å². The van der Waals surface area contributed by atoms with Crippen molar-refractivity contribution in [3.05, 3.63) is 87.3 Å². The maximum absolute atomic E-state index is 13.2. The van der Waals surface area contributed by atoms with Gasteiger partial charge in [-0.2, -0.15) is 13.2 Å². The zero-order valence-electron chi connectivity index (χ0n) is 19.3. The van der Waals surface area contributed by atoms with E-state index < -0.39 is 53.3 Å². The zero-order chi connectivity index (χ0) is 27.1. The van der Waals surface area contributed by atoms with Gasteiger partial charge in [-0.15, -0.1) is 0 Å². The predicted molar refractivity (Wildman–Crippen MR) is 126 cm³/mol. The Morgan fingerprint density at radius 2 is 1.56 bits per heavy atom. The van der Waals surface area contributed by atoms with E-state index >= 15 is 0 Å². The number of hydrogen-bond acceptors (Lipinski definition) is 6. The highest BCUT2D eigenvalue weighted by Gasteiger charge is 2.31. The number of hydrogen-bond donors (Lipinski definition) is 1. The van der Waals surface area contributed by atoms with Crippen molar-refractivity contribution in [2.45, 2.75) is 29.4 Å². The lowest BCUT2D eigenvalue weighted by atomic mass is 10.1. The van der Waals surface area contributed by atoms with Crippen molar-refractivity contribution in [3.8, 4) is 5.69 Å². The van der Waals surface area contributed by atoms with Gasteiger partial charge in [0.1, 0.15) is 5.56 Å². The summed E-state index contributed by atoms with van der Waals surface area (Å²) in [7, 11) is -7.40. The van der Waals surface area contributed by atoms with E-state index in [2.05, 4.69) is 5.32 Å². The van der Waals surface area contributed by atoms with Crippen LogP contribution in [0.25, 0.3) is 5.69 Å². The summed E-state index contributed by atoms with van der Waals surface area (Å²) >= 11 is 0. The van der Waals surface area contributed by atoms with Gasteiger partial charge in [-0.25, -0.2) is 16.8 Å². The highest BCUT2D eigenvalue weighted by Crippen LogP contribution is 2.30. The summed E-state index contributed by atoms with van der Waals surface area (Å²) in [5.74, 6) is -0.960. The first-order valence-corrected chi connectivity index (χ1v) is 14.0. The summed E-state index contributed by atoms with van der Waals surface area (Å²) in [4.78, 5) is 25.7. The van der Waals surface area contributed by atoms with E-state index in [4.69, 9.17) is 0 Å². The van der Waals surface area contributed by atoms with Crippen molar-refractivity contribution in [2.24, 2.45) is 0 Å². The number of carbonyl (C=O) groups is 1. The number of sulfone groups is 2. The van der Waals surface area contributed by atoms with Gasteiger partial charge in [0.05, 0.1) is 15.4 Å². The Morgan fingerprint density at radius 1 is 0.944 bits per heavy atom. The molecule has 8 nitrogen and oxygen atoms in total. The lowest BCUT2D eigenvalue weighted by Crippen LogP contribution is -2.34. The summed E-state index contributed by atoms with van der Waals surface area (Å²) in [6.07, 6.45) is -2.83. The molecular formula is C23H21F3N2O6S2. The molecule has 1 aromatic heterocycles. The molecule has 0 fully saturated rings. The van der Waals surface area contributed by atoms with Crippen LogP contribution in [-0.4, -0.2) is 39.8 Å². The van der Waals surface area contributed by atoms with E-state index in [1.165, 1.54) is 37.3 Å². The van der Waals surface area contributed by atoms with Gasteiger partial charge in [-0.3, -0.25) is 14.2 Å². The quantitative estimate of drug-likeness (QED) is 0.512. The van der Waals surface area contributed by atoms with E-state index in [9.17, 15) is 39.6 Å². The summed E-state index contributed by atoms with van der Waals surface area (Å²) in [6, 6.07) is 10.2. The number of benzene rings is 2. The highest BCUT2D eigenvalue weighted by atomic mass is 32.2. The van der Waals surface area contributed by atoms with Crippen molar-refractivity contribution in [3.63, 3.8) is 0 Å². The monoisotopic (exact) mass is 542 g/mol. The Kier molecular flexibility index (Phi) is 7.19. The molecule has 0 bridgehead atoms. The minimum atomic E-state index is -4.71. The van der Waals surface area contributed by atoms with Crippen molar-refractivity contribution in [2.75, 3.05) is 12.5 Å². The first kappa shape index (κ1) is 27.1. The number of aromatic nitrogens is 1. The van der Waals surface area contributed by atoms with E-state index in [1.54, 1.807) is 0 Å². The summed E-state index contributed by atoms with van der Waals surface area (Å²) in [6.45, 7) is 1.12. The van der Waals surface area contributed by atoms with E-state index in [1.807, 2.05) is 0 Å². The van der Waals surface area contributed by atoms with Crippen LogP contribution in [0.1, 0.15) is 27.2 Å². The molecule has 3 rings (SSSR count). The fourth-order valence-corrected chi connectivity index (χ4v) is 5.07. The molecule has 1 amide bonds. The second-order valence-electron chi connectivity index (χ2n) is 8.07. The third kappa shape index (κ3) is 5.85. The molecule has 1 heterocycles. The number of carbonyl (C=O) groups excluding carboxylic acids is 1. The Balaban J connectivity index is 2.07. The number of pyridine rings is 1. The van der Waals surface area contributed by atoms with Crippen LogP contribution in [-0.2, 0) is 32.4 Å². The van der Waals surface area contributed by atoms with Gasteiger partial charge in [-0.1, -0.05) is 18.2 Å². The third-order valence-corrected chi connectivity index (χ3v) is 7.62. The lowest BCUT2D eigenvalue weighted by Gasteiger charge is -2.17. The van der Waals surface area contributed by atoms with E-state index in [0.29, 0.717) is 11.6 Å². The van der Waals surface area contributed by atoms with Gasteiger partial charge in [0, 0.05) is 30.4 Å². The van der Waals surface area contributed by atoms with Crippen LogP contribution in [0.5, 0.6) is 0 Å². The molecule has 192 valence electrons. The van der Waals surface area contributed by atoms with Gasteiger partial charge >= 0.3 is 6.18 Å². The molecule has 36 heavy (non-hydrogen) atoms. The maximum Gasteiger partial charge on any atom is 0.416 e. The molecule has 0 spiro atoms. The standard InChI is InChI=1S/C23H21F3N2O6S2/c1-14-20(36(3,33)34)12-19(21(29)27-13-15-7-9-18(10-8-15)35(2,31)32)22(30)28(14)17-6-4-5-16(11-17)23(24,25)26/h4-12H,13H2,1-3H3,(H,27,29). The van der Waals surface area contributed by atoms with Crippen LogP contribution >= 0.6 is 0 Å². The Bertz CT molecular complexity index is 1610. The van der Waals surface area contributed by atoms with Gasteiger partial charge in [-0.05, 0) is 48.9 Å². The Hall–Kier alpha value is -3.45. The van der Waals surface area contributed by atoms with Crippen molar-refractivity contribution >= 4 is 25.6 Å². The number of nitrogens with one attached hydrogen (secondary N) is 1. The molecule has 0 radical (unpaired) electrons. The molecule has 0 saturated carbocycles. The Morgan fingerprint density at radius 3 is 2.08 bits per heavy atom. The fraction of sp³-hybridized carbons (Fsp3) is 0.217. The molecule has 1 N–H and O–H groups in total. The number of rotatable bonds is 6. The fourth-order valence-electron chi connectivity index (χ4n) is 3.48. The SMILES string of the molecule is Cc1c(S(C)(=O)=O)cc(C(=O)NCc2ccc(S(C)(=O)=O)cc2)c(=O)n1-c1cccc(C(F)(F)F)c1. The average molecular weight is 543 g/mol. The molecule has 0 unspecified atom stereocenters. The molecule has 0 aliphatic carbocycles. The third-order valence-electron chi connectivity index (χ3n) is 5.28. The van der Waals surface area contributed by atoms with Crippen molar-refractivity contribution < 1.29 is 34.8 Å². The normalized spacial score (nSPS) is 12.4. The van der Waals surface area contributed by atoms with Gasteiger partial charge in [0.25, 0.3) is 11.5 Å². The Labute approximate surface area is 205 Å². The average Bonchev–Trinajstić information content (AvgIpc) is 2.76. The van der Waals surface area contributed by atoms with Crippen LogP contribution in [0.2, 0.25) is 0 Å². The first-order valence-electron chi connectivity index (χ1n) is 10.2. The first-order chi connectivity index (χ1) is 16.5. The second kappa shape index (κ2) is 9.54. The molecule has 0 aliphatic rings. The lowest BCUT2D eigenvalue weighted by molar-refractivity contribution is -0.137. The molecule has 0 saturated heterocycles. The summed E-state index contributed by atoms with van der Waals surface area (Å²) in [5.41, 5.74) is -2.59. The second-order valence-corrected chi connectivity index (χ2v) is 12.1. The van der Waals surface area contributed by atoms with Crippen LogP contribution in [0.15, 0.2) is 69.2 Å². The van der Waals surface area contributed by atoms with Crippen molar-refractivity contribution in [1.82, 2.24) is 9.88 Å². The number of halogens is 3. The predicted octanol–water partition coefficient (Wildman–Crippen LogP) is 2.90. The van der Waals surface area contributed by atoms with E-state index in [-0.39, 0.29) is 22.8 Å². The number of nitrogens with zero attached hydrogens (tertiary/aromatic N) is 1. The van der Waals surface area contributed by atoms with Crippen LogP contribution in [0.3, 0.4) is 0 Å². The molecular weight excluding hydrogens is 521 g/mol. The molecule has 0 aliphatic heterocycles. The maximum atomic E-state index is 13.2. The van der Waals surface area contributed by atoms with Crippen LogP contribution in [0.4, 0.5) is 13.2 Å². The molecule has 3 aromatic rings. The molecule has 0 atom stereocenters. The van der Waals surface area contributed by atoms with Gasteiger partial charge in [0.2, 0.25) is 0 Å². The number of amides is 1. The highest BCUT2D eigenvalue weighted by molar-refractivity contribution is 7.91. The smallest absolute Gasteiger partial charge is 0.348 e. The summed E-state index contributed by atoms with van der Waals surface area (Å²) in [5, 5.41) is 2.45. The van der Waals surface area contributed by atoms with E-state index in [0.717, 1.165) is 35.3 Å². The largest absolute Gasteiger partial charge is 0.416 e. The summed E-state index contributed by atoms with van der Waals surface area (Å²) < 4.78 is 88.3.